The summed E-state index contributed by atoms with van der Waals surface area (Å²) < 4.78 is 5.58. The molecule has 6 aromatic rings. The maximum absolute atomic E-state index is 14.1. The topological polar surface area (TPSA) is 103 Å². The van der Waals surface area contributed by atoms with E-state index in [1.165, 1.54) is 5.56 Å². The number of rotatable bonds is 5. The van der Waals surface area contributed by atoms with Crippen LogP contribution in [-0.4, -0.2) is 59.6 Å². The number of nitrogens with one attached hydrogen (secondary N) is 2. The molecule has 258 valence electrons. The fourth-order valence-electron chi connectivity index (χ4n) is 7.59. The van der Waals surface area contributed by atoms with Crippen LogP contribution in [0.15, 0.2) is 91.1 Å². The highest BCUT2D eigenvalue weighted by Crippen LogP contribution is 2.45. The van der Waals surface area contributed by atoms with Crippen molar-refractivity contribution in [3.05, 3.63) is 113 Å². The molecule has 2 fully saturated rings. The number of H-pyrrole nitrogens is 1. The van der Waals surface area contributed by atoms with Crippen molar-refractivity contribution >= 4 is 64.0 Å². The molecule has 3 aromatic heterocycles. The van der Waals surface area contributed by atoms with Gasteiger partial charge in [-0.2, -0.15) is 0 Å². The summed E-state index contributed by atoms with van der Waals surface area (Å²) in [5.74, 6) is 4.01. The number of hydrogen-bond acceptors (Lipinski definition) is 8. The number of hydrogen-bond donors (Lipinski definition) is 3. The lowest BCUT2D eigenvalue weighted by Crippen LogP contribution is -2.59. The number of carbonyl (C=O) groups excluding carboxylic acids is 2. The third kappa shape index (κ3) is 5.92. The zero-order valence-electron chi connectivity index (χ0n) is 28.2. The van der Waals surface area contributed by atoms with E-state index in [9.17, 15) is 9.59 Å². The van der Waals surface area contributed by atoms with Crippen LogP contribution in [0, 0.1) is 16.6 Å². The minimum Gasteiger partial charge on any atom is -0.381 e. The predicted octanol–water partition coefficient (Wildman–Crippen LogP) is 7.66. The van der Waals surface area contributed by atoms with Crippen LogP contribution in [0.5, 0.6) is 0 Å². The summed E-state index contributed by atoms with van der Waals surface area (Å²) in [5.41, 5.74) is 7.45. The standard InChI is InChI=1S/C41H34N6O3S2/c48-39(31-21-26(14-20-51)23-42-38(31)46-24-41(25-46)15-18-50-19-16-41)43-29-11-9-27(10-12-29)40(49)47-17-13-28-22-35(37-44-32-6-2-3-7-33(32)45-37)52-36(28)30-5-1-4-8-34(30)47/h1-12,21-23,51H,13,15-19,24-25H2,(H,43,48)(H,44,45). The number of aromatic nitrogens is 3. The van der Waals surface area contributed by atoms with Gasteiger partial charge in [0.1, 0.15) is 11.6 Å². The summed E-state index contributed by atoms with van der Waals surface area (Å²) in [5, 5.41) is 5.63. The Kier molecular flexibility index (Phi) is 8.30. The summed E-state index contributed by atoms with van der Waals surface area (Å²) in [6.45, 7) is 3.76. The first-order valence-corrected chi connectivity index (χ1v) is 18.6. The van der Waals surface area contributed by atoms with E-state index in [0.717, 1.165) is 77.0 Å². The highest BCUT2D eigenvalue weighted by molar-refractivity contribution is 7.85. The highest BCUT2D eigenvalue weighted by Gasteiger charge is 2.45. The predicted molar refractivity (Wildman–Crippen MR) is 209 cm³/mol. The van der Waals surface area contributed by atoms with Crippen molar-refractivity contribution in [1.29, 1.82) is 0 Å². The van der Waals surface area contributed by atoms with Crippen molar-refractivity contribution in [2.75, 3.05) is 48.0 Å². The van der Waals surface area contributed by atoms with Crippen LogP contribution >= 0.6 is 24.0 Å². The number of pyridine rings is 1. The Morgan fingerprint density at radius 3 is 2.58 bits per heavy atom. The molecule has 0 aliphatic carbocycles. The van der Waals surface area contributed by atoms with Crippen molar-refractivity contribution < 1.29 is 14.3 Å². The second-order valence-corrected chi connectivity index (χ2v) is 14.9. The van der Waals surface area contributed by atoms with Crippen molar-refractivity contribution in [3.63, 3.8) is 0 Å². The highest BCUT2D eigenvalue weighted by atomic mass is 32.1. The van der Waals surface area contributed by atoms with Crippen LogP contribution in [0.2, 0.25) is 0 Å². The molecule has 2 amide bonds. The molecule has 0 atom stereocenters. The molecular formula is C41H34N6O3S2. The number of fused-ring (bicyclic) bond motifs is 4. The van der Waals surface area contributed by atoms with Crippen LogP contribution < -0.4 is 15.1 Å². The van der Waals surface area contributed by atoms with Gasteiger partial charge in [-0.3, -0.25) is 9.59 Å². The lowest BCUT2D eigenvalue weighted by atomic mass is 9.73. The second-order valence-electron chi connectivity index (χ2n) is 13.6. The number of para-hydroxylation sites is 3. The van der Waals surface area contributed by atoms with Gasteiger partial charge < -0.3 is 24.8 Å². The molecule has 1 spiro atoms. The van der Waals surface area contributed by atoms with Gasteiger partial charge in [0.2, 0.25) is 0 Å². The molecule has 2 saturated heterocycles. The number of thiol groups is 1. The normalized spacial score (nSPS) is 15.9. The van der Waals surface area contributed by atoms with Gasteiger partial charge in [0.15, 0.2) is 0 Å². The van der Waals surface area contributed by atoms with Crippen LogP contribution in [-0.2, 0) is 11.2 Å². The van der Waals surface area contributed by atoms with Gasteiger partial charge in [-0.05, 0) is 84.7 Å². The molecule has 9 rings (SSSR count). The Labute approximate surface area is 310 Å². The van der Waals surface area contributed by atoms with Crippen molar-refractivity contribution in [2.24, 2.45) is 5.41 Å². The minimum atomic E-state index is -0.285. The number of aromatic amines is 1. The molecule has 3 aliphatic heterocycles. The van der Waals surface area contributed by atoms with Crippen molar-refractivity contribution in [3.8, 4) is 32.3 Å². The monoisotopic (exact) mass is 722 g/mol. The van der Waals surface area contributed by atoms with Gasteiger partial charge in [-0.1, -0.05) is 48.9 Å². The number of carbonyl (C=O) groups is 2. The first-order chi connectivity index (χ1) is 25.5. The maximum Gasteiger partial charge on any atom is 0.259 e. The van der Waals surface area contributed by atoms with Crippen LogP contribution in [0.4, 0.5) is 17.2 Å². The molecular weight excluding hydrogens is 689 g/mol. The number of anilines is 3. The van der Waals surface area contributed by atoms with E-state index in [2.05, 4.69) is 56.1 Å². The van der Waals surface area contributed by atoms with Crippen molar-refractivity contribution in [1.82, 2.24) is 15.0 Å². The van der Waals surface area contributed by atoms with E-state index < -0.39 is 0 Å². The molecule has 3 aromatic carbocycles. The van der Waals surface area contributed by atoms with E-state index in [1.807, 2.05) is 47.4 Å². The Morgan fingerprint density at radius 2 is 1.77 bits per heavy atom. The van der Waals surface area contributed by atoms with Gasteiger partial charge in [0.05, 0.1) is 27.2 Å². The summed E-state index contributed by atoms with van der Waals surface area (Å²) in [6, 6.07) is 27.2. The molecule has 0 bridgehead atoms. The minimum absolute atomic E-state index is 0.0951. The molecule has 11 heteroatoms. The fraction of sp³-hybridized carbons (Fsp3) is 0.220. The van der Waals surface area contributed by atoms with Gasteiger partial charge in [-0.15, -0.1) is 11.3 Å². The second kappa shape index (κ2) is 13.3. The van der Waals surface area contributed by atoms with E-state index in [1.54, 1.807) is 47.9 Å². The Bertz CT molecular complexity index is 2380. The zero-order valence-corrected chi connectivity index (χ0v) is 29.9. The van der Waals surface area contributed by atoms with Gasteiger partial charge in [-0.25, -0.2) is 9.97 Å². The lowest BCUT2D eigenvalue weighted by molar-refractivity contribution is -0.000509. The molecule has 3 aliphatic rings. The molecule has 0 unspecified atom stereocenters. The number of nitrogens with zero attached hydrogens (tertiary/aromatic N) is 4. The molecule has 0 radical (unpaired) electrons. The van der Waals surface area contributed by atoms with Crippen LogP contribution in [0.25, 0.3) is 32.2 Å². The van der Waals surface area contributed by atoms with Crippen LogP contribution in [0.1, 0.15) is 44.7 Å². The van der Waals surface area contributed by atoms with Gasteiger partial charge in [0, 0.05) is 71.7 Å². The summed E-state index contributed by atoms with van der Waals surface area (Å²) in [6.07, 6.45) is 4.42. The fourth-order valence-corrected chi connectivity index (χ4v) is 8.91. The molecule has 9 nitrogen and oxygen atoms in total. The average Bonchev–Trinajstić information content (AvgIpc) is 3.76. The summed E-state index contributed by atoms with van der Waals surface area (Å²) in [4.78, 5) is 47.0. The summed E-state index contributed by atoms with van der Waals surface area (Å²) in [7, 11) is 0. The number of thiophene rings is 1. The number of amides is 2. The quantitative estimate of drug-likeness (QED) is 0.125. The largest absolute Gasteiger partial charge is 0.381 e. The third-order valence-corrected chi connectivity index (χ3v) is 11.7. The zero-order chi connectivity index (χ0) is 35.2. The summed E-state index contributed by atoms with van der Waals surface area (Å²) >= 11 is 5.73. The molecule has 52 heavy (non-hydrogen) atoms. The van der Waals surface area contributed by atoms with E-state index in [0.29, 0.717) is 41.2 Å². The first kappa shape index (κ1) is 32.5. The van der Waals surface area contributed by atoms with E-state index in [4.69, 9.17) is 9.72 Å². The van der Waals surface area contributed by atoms with Gasteiger partial charge in [0.25, 0.3) is 11.8 Å². The molecule has 6 heterocycles. The molecule has 2 N–H and O–H groups in total. The lowest BCUT2D eigenvalue weighted by Gasteiger charge is -2.53. The maximum atomic E-state index is 14.1. The van der Waals surface area contributed by atoms with Crippen LogP contribution in [0.3, 0.4) is 0 Å². The third-order valence-electron chi connectivity index (χ3n) is 10.3. The van der Waals surface area contributed by atoms with E-state index in [-0.39, 0.29) is 17.2 Å². The van der Waals surface area contributed by atoms with E-state index >= 15 is 0 Å². The first-order valence-electron chi connectivity index (χ1n) is 17.4. The Balaban J connectivity index is 0.936. The smallest absolute Gasteiger partial charge is 0.259 e. The number of benzene rings is 3. The van der Waals surface area contributed by atoms with Gasteiger partial charge >= 0.3 is 0 Å². The molecule has 0 saturated carbocycles. The van der Waals surface area contributed by atoms with Crippen molar-refractivity contribution in [2.45, 2.75) is 19.3 Å². The Morgan fingerprint density at radius 1 is 0.981 bits per heavy atom. The Hall–Kier alpha value is -5.41. The number of ether oxygens (including phenoxy) is 1. The average molecular weight is 723 g/mol. The SMILES string of the molecule is O=C(Nc1ccc(C(=O)N2CCc3cc(-c4nc5ccccc5[nH]4)sc3-c3ccccc32)cc1)c1cc(C#CS)cnc1N1CC2(CCOCC2)C1. The number of imidazole rings is 1.